The van der Waals surface area contributed by atoms with Gasteiger partial charge < -0.3 is 5.32 Å². The lowest BCUT2D eigenvalue weighted by Crippen LogP contribution is -2.37. The van der Waals surface area contributed by atoms with Gasteiger partial charge in [0.05, 0.1) is 13.8 Å². The van der Waals surface area contributed by atoms with E-state index in [1.54, 1.807) is 6.92 Å². The van der Waals surface area contributed by atoms with Crippen LogP contribution in [0.2, 0.25) is 6.32 Å². The first kappa shape index (κ1) is 12.8. The van der Waals surface area contributed by atoms with Crippen molar-refractivity contribution in [1.29, 1.82) is 0 Å². The molecular formula is C8H15BF3N. The Bertz CT molecular complexity index is 138. The topological polar surface area (TPSA) is 12.0 Å². The number of hydrogen-bond donors (Lipinski definition) is 1. The van der Waals surface area contributed by atoms with Crippen molar-refractivity contribution in [2.75, 3.05) is 6.54 Å². The minimum absolute atomic E-state index is 0.0433. The normalized spacial score (nSPS) is 17.0. The van der Waals surface area contributed by atoms with E-state index in [9.17, 15) is 13.2 Å². The van der Waals surface area contributed by atoms with Crippen LogP contribution in [0.1, 0.15) is 20.3 Å². The minimum Gasteiger partial charge on any atom is -0.314 e. The van der Waals surface area contributed by atoms with Gasteiger partial charge in [0.2, 0.25) is 0 Å². The molecule has 0 fully saturated rings. The molecule has 0 aliphatic rings. The van der Waals surface area contributed by atoms with Gasteiger partial charge in [-0.05, 0) is 12.5 Å². The average molecular weight is 193 g/mol. The number of alkyl halides is 3. The van der Waals surface area contributed by atoms with Crippen molar-refractivity contribution >= 4 is 7.85 Å². The molecule has 0 rings (SSSR count). The summed E-state index contributed by atoms with van der Waals surface area (Å²) in [6.07, 6.45) is -3.64. The van der Waals surface area contributed by atoms with E-state index in [2.05, 4.69) is 5.32 Å². The molecule has 1 N–H and O–H groups in total. The van der Waals surface area contributed by atoms with Crippen LogP contribution >= 0.6 is 0 Å². The van der Waals surface area contributed by atoms with Crippen molar-refractivity contribution in [3.63, 3.8) is 0 Å². The smallest absolute Gasteiger partial charge is 0.314 e. The molecule has 0 bridgehead atoms. The largest absolute Gasteiger partial charge is 0.393 e. The molecule has 0 aromatic carbocycles. The van der Waals surface area contributed by atoms with Crippen LogP contribution in [0.15, 0.2) is 0 Å². The molecule has 0 aromatic rings. The van der Waals surface area contributed by atoms with Crippen molar-refractivity contribution in [2.45, 2.75) is 38.8 Å². The van der Waals surface area contributed by atoms with E-state index in [4.69, 9.17) is 7.85 Å². The lowest BCUT2D eigenvalue weighted by atomic mass is 9.97. The lowest BCUT2D eigenvalue weighted by Gasteiger charge is -2.21. The molecule has 76 valence electrons. The fraction of sp³-hybridized carbons (Fsp3) is 1.00. The highest BCUT2D eigenvalue weighted by atomic mass is 19.4. The van der Waals surface area contributed by atoms with Crippen LogP contribution < -0.4 is 5.32 Å². The molecule has 13 heavy (non-hydrogen) atoms. The van der Waals surface area contributed by atoms with E-state index >= 15 is 0 Å². The molecule has 0 amide bonds. The Labute approximate surface area is 78.5 Å². The summed E-state index contributed by atoms with van der Waals surface area (Å²) in [6.45, 7) is 3.26. The third kappa shape index (κ3) is 5.19. The van der Waals surface area contributed by atoms with Crippen LogP contribution in [0.5, 0.6) is 0 Å². The van der Waals surface area contributed by atoms with Crippen molar-refractivity contribution < 1.29 is 13.2 Å². The zero-order chi connectivity index (χ0) is 10.5. The van der Waals surface area contributed by atoms with Crippen LogP contribution in [0, 0.1) is 5.92 Å². The van der Waals surface area contributed by atoms with E-state index in [1.807, 2.05) is 0 Å². The SMILES string of the molecule is [B]CC(C)NCC(CC)C(F)(F)F. The van der Waals surface area contributed by atoms with E-state index in [0.717, 1.165) is 0 Å². The zero-order valence-corrected chi connectivity index (χ0v) is 7.99. The maximum atomic E-state index is 12.2. The van der Waals surface area contributed by atoms with Crippen molar-refractivity contribution in [2.24, 2.45) is 5.92 Å². The summed E-state index contributed by atoms with van der Waals surface area (Å²) >= 11 is 0. The maximum absolute atomic E-state index is 12.2. The molecule has 1 nitrogen and oxygen atoms in total. The molecule has 0 heterocycles. The molecule has 2 atom stereocenters. The quantitative estimate of drug-likeness (QED) is 0.659. The second kappa shape index (κ2) is 5.53. The van der Waals surface area contributed by atoms with Gasteiger partial charge in [-0.25, -0.2) is 0 Å². The second-order valence-corrected chi connectivity index (χ2v) is 3.19. The summed E-state index contributed by atoms with van der Waals surface area (Å²) in [4.78, 5) is 0. The fourth-order valence-corrected chi connectivity index (χ4v) is 0.918. The van der Waals surface area contributed by atoms with Gasteiger partial charge >= 0.3 is 6.18 Å². The minimum atomic E-state index is -4.10. The first-order chi connectivity index (χ1) is 5.91. The monoisotopic (exact) mass is 193 g/mol. The van der Waals surface area contributed by atoms with E-state index in [1.165, 1.54) is 6.92 Å². The average Bonchev–Trinajstić information content (AvgIpc) is 2.02. The van der Waals surface area contributed by atoms with Gasteiger partial charge in [-0.15, -0.1) is 0 Å². The van der Waals surface area contributed by atoms with Gasteiger partial charge in [0, 0.05) is 6.54 Å². The Morgan fingerprint density at radius 1 is 1.38 bits per heavy atom. The molecule has 0 spiro atoms. The second-order valence-electron chi connectivity index (χ2n) is 3.19. The Morgan fingerprint density at radius 2 is 1.92 bits per heavy atom. The van der Waals surface area contributed by atoms with E-state index < -0.39 is 12.1 Å². The molecule has 0 saturated heterocycles. The Kier molecular flexibility index (Phi) is 5.45. The molecule has 0 aromatic heterocycles. The van der Waals surface area contributed by atoms with Gasteiger partial charge in [-0.2, -0.15) is 13.2 Å². The lowest BCUT2D eigenvalue weighted by molar-refractivity contribution is -0.174. The summed E-state index contributed by atoms with van der Waals surface area (Å²) in [5.41, 5.74) is 0. The first-order valence-corrected chi connectivity index (χ1v) is 4.42. The van der Waals surface area contributed by atoms with Crippen molar-refractivity contribution in [3.8, 4) is 0 Å². The number of nitrogens with one attached hydrogen (secondary N) is 1. The molecule has 2 radical (unpaired) electrons. The molecular weight excluding hydrogens is 178 g/mol. The molecule has 0 saturated carbocycles. The van der Waals surface area contributed by atoms with Crippen LogP contribution in [-0.2, 0) is 0 Å². The van der Waals surface area contributed by atoms with Crippen LogP contribution in [0.4, 0.5) is 13.2 Å². The summed E-state index contributed by atoms with van der Waals surface area (Å²) in [5, 5.41) is 2.74. The van der Waals surface area contributed by atoms with Crippen molar-refractivity contribution in [3.05, 3.63) is 0 Å². The highest BCUT2D eigenvalue weighted by Gasteiger charge is 2.37. The van der Waals surface area contributed by atoms with Gasteiger partial charge in [0.1, 0.15) is 0 Å². The number of hydrogen-bond acceptors (Lipinski definition) is 1. The molecule has 0 aliphatic heterocycles. The first-order valence-electron chi connectivity index (χ1n) is 4.42. The van der Waals surface area contributed by atoms with Gasteiger partial charge in [-0.3, -0.25) is 0 Å². The van der Waals surface area contributed by atoms with Crippen LogP contribution in [0.3, 0.4) is 0 Å². The summed E-state index contributed by atoms with van der Waals surface area (Å²) in [6, 6.07) is -0.0589. The number of rotatable bonds is 5. The molecule has 0 aliphatic carbocycles. The maximum Gasteiger partial charge on any atom is 0.393 e. The third-order valence-electron chi connectivity index (χ3n) is 2.02. The van der Waals surface area contributed by atoms with E-state index in [0.29, 0.717) is 6.32 Å². The number of halogens is 3. The highest BCUT2D eigenvalue weighted by molar-refractivity contribution is 6.08. The predicted octanol–water partition coefficient (Wildman–Crippen LogP) is 2.14. The van der Waals surface area contributed by atoms with Crippen molar-refractivity contribution in [1.82, 2.24) is 5.32 Å². The predicted molar refractivity (Wildman–Crippen MR) is 47.9 cm³/mol. The molecule has 5 heteroatoms. The van der Waals surface area contributed by atoms with Crippen LogP contribution in [0.25, 0.3) is 0 Å². The standard InChI is InChI=1S/C8H15BF3N/c1-3-7(8(10,11)12)5-13-6(2)4-9/h6-7,13H,3-5H2,1-2H3. The molecule has 2 unspecified atom stereocenters. The summed E-state index contributed by atoms with van der Waals surface area (Å²) in [5.74, 6) is -1.26. The highest BCUT2D eigenvalue weighted by Crippen LogP contribution is 2.27. The van der Waals surface area contributed by atoms with Crippen LogP contribution in [-0.4, -0.2) is 26.6 Å². The van der Waals surface area contributed by atoms with Gasteiger partial charge in [0.15, 0.2) is 0 Å². The van der Waals surface area contributed by atoms with Gasteiger partial charge in [0.25, 0.3) is 0 Å². The zero-order valence-electron chi connectivity index (χ0n) is 7.99. The Balaban J connectivity index is 3.86. The summed E-state index contributed by atoms with van der Waals surface area (Å²) < 4.78 is 36.6. The summed E-state index contributed by atoms with van der Waals surface area (Å²) in [7, 11) is 5.27. The Hall–Kier alpha value is -0.185. The fourth-order valence-electron chi connectivity index (χ4n) is 0.918. The van der Waals surface area contributed by atoms with E-state index in [-0.39, 0.29) is 19.0 Å². The third-order valence-corrected chi connectivity index (χ3v) is 2.02. The van der Waals surface area contributed by atoms with Gasteiger partial charge in [-0.1, -0.05) is 20.2 Å². The Morgan fingerprint density at radius 3 is 2.23 bits per heavy atom.